The summed E-state index contributed by atoms with van der Waals surface area (Å²) in [5, 5.41) is 9.74. The quantitative estimate of drug-likeness (QED) is 0.772. The van der Waals surface area contributed by atoms with Gasteiger partial charge in [-0.25, -0.2) is 0 Å². The van der Waals surface area contributed by atoms with Gasteiger partial charge in [0.15, 0.2) is 0 Å². The number of amides is 2. The highest BCUT2D eigenvalue weighted by Crippen LogP contribution is 2.49. The number of hydrogen-bond donors (Lipinski definition) is 1. The standard InChI is InChI=1S/C16H22N2O5S/c1-15-3-2-12(19)18(15)11(8-24-15)13(20)17-6-10-7-23-5-4-16(10,9-17)14(21)22/h10-11H,2-9H2,1H3,(H,21,22)/t10-,11?,15?,16+/m0/s1. The van der Waals surface area contributed by atoms with Crippen LogP contribution < -0.4 is 0 Å². The molecule has 2 amide bonds. The van der Waals surface area contributed by atoms with E-state index in [1.165, 1.54) is 0 Å². The van der Waals surface area contributed by atoms with E-state index in [1.807, 2.05) is 6.92 Å². The van der Waals surface area contributed by atoms with Gasteiger partial charge in [0, 0.05) is 37.8 Å². The number of likely N-dealkylation sites (tertiary alicyclic amines) is 1. The third kappa shape index (κ3) is 2.12. The van der Waals surface area contributed by atoms with Crippen molar-refractivity contribution in [1.82, 2.24) is 9.80 Å². The Morgan fingerprint density at radius 1 is 1.38 bits per heavy atom. The average molecular weight is 354 g/mol. The maximum absolute atomic E-state index is 13.1. The first-order valence-corrected chi connectivity index (χ1v) is 9.42. The fourth-order valence-electron chi connectivity index (χ4n) is 4.68. The molecule has 4 fully saturated rings. The number of ether oxygens (including phenoxy) is 1. The maximum Gasteiger partial charge on any atom is 0.311 e. The lowest BCUT2D eigenvalue weighted by Crippen LogP contribution is -2.51. The molecule has 4 rings (SSSR count). The summed E-state index contributed by atoms with van der Waals surface area (Å²) in [5.74, 6) is -0.472. The van der Waals surface area contributed by atoms with Crippen LogP contribution in [0, 0.1) is 11.3 Å². The summed E-state index contributed by atoms with van der Waals surface area (Å²) in [7, 11) is 0. The fraction of sp³-hybridized carbons (Fsp3) is 0.812. The van der Waals surface area contributed by atoms with Crippen LogP contribution in [0.15, 0.2) is 0 Å². The van der Waals surface area contributed by atoms with E-state index in [9.17, 15) is 19.5 Å². The van der Waals surface area contributed by atoms with E-state index in [0.717, 1.165) is 6.42 Å². The van der Waals surface area contributed by atoms with E-state index < -0.39 is 17.4 Å². The molecule has 4 aliphatic heterocycles. The molecule has 7 nitrogen and oxygen atoms in total. The second-order valence-corrected chi connectivity index (χ2v) is 8.97. The van der Waals surface area contributed by atoms with Crippen LogP contribution >= 0.6 is 11.8 Å². The number of thioether (sulfide) groups is 1. The molecule has 4 atom stereocenters. The summed E-state index contributed by atoms with van der Waals surface area (Å²) < 4.78 is 5.44. The predicted octanol–water partition coefficient (Wildman–Crippen LogP) is 0.390. The van der Waals surface area contributed by atoms with E-state index in [2.05, 4.69) is 0 Å². The van der Waals surface area contributed by atoms with Crippen molar-refractivity contribution in [2.45, 2.75) is 37.1 Å². The number of rotatable bonds is 2. The van der Waals surface area contributed by atoms with Crippen molar-refractivity contribution in [3.63, 3.8) is 0 Å². The minimum absolute atomic E-state index is 0.0359. The van der Waals surface area contributed by atoms with Gasteiger partial charge in [0.2, 0.25) is 11.8 Å². The first-order valence-electron chi connectivity index (χ1n) is 8.43. The molecule has 0 aromatic heterocycles. The van der Waals surface area contributed by atoms with Crippen molar-refractivity contribution in [3.05, 3.63) is 0 Å². The van der Waals surface area contributed by atoms with Crippen molar-refractivity contribution in [3.8, 4) is 0 Å². The molecule has 0 saturated carbocycles. The van der Waals surface area contributed by atoms with E-state index in [4.69, 9.17) is 4.74 Å². The molecular formula is C16H22N2O5S. The molecule has 0 spiro atoms. The molecule has 4 heterocycles. The van der Waals surface area contributed by atoms with Gasteiger partial charge in [-0.3, -0.25) is 14.4 Å². The SMILES string of the molecule is CC12CCC(=O)N1C(C(=O)N1C[C@H]3COCC[C@@]3(C(=O)O)C1)CS2. The Balaban J connectivity index is 1.56. The number of carbonyl (C=O) groups excluding carboxylic acids is 2. The van der Waals surface area contributed by atoms with Crippen LogP contribution in [0.2, 0.25) is 0 Å². The van der Waals surface area contributed by atoms with Gasteiger partial charge in [-0.2, -0.15) is 0 Å². The molecule has 4 saturated heterocycles. The van der Waals surface area contributed by atoms with Gasteiger partial charge in [-0.15, -0.1) is 11.8 Å². The van der Waals surface area contributed by atoms with Crippen molar-refractivity contribution in [2.24, 2.45) is 11.3 Å². The Labute approximate surface area is 144 Å². The highest BCUT2D eigenvalue weighted by Gasteiger charge is 2.58. The second-order valence-electron chi connectivity index (χ2n) is 7.47. The lowest BCUT2D eigenvalue weighted by atomic mass is 9.74. The smallest absolute Gasteiger partial charge is 0.311 e. The van der Waals surface area contributed by atoms with Crippen molar-refractivity contribution in [2.75, 3.05) is 32.1 Å². The fourth-order valence-corrected chi connectivity index (χ4v) is 6.10. The predicted molar refractivity (Wildman–Crippen MR) is 86.3 cm³/mol. The van der Waals surface area contributed by atoms with E-state index in [0.29, 0.717) is 38.4 Å². The van der Waals surface area contributed by atoms with Crippen molar-refractivity contribution in [1.29, 1.82) is 0 Å². The first kappa shape index (κ1) is 16.2. The Kier molecular flexibility index (Phi) is 3.62. The van der Waals surface area contributed by atoms with Gasteiger partial charge >= 0.3 is 5.97 Å². The molecule has 8 heteroatoms. The summed E-state index contributed by atoms with van der Waals surface area (Å²) in [6.07, 6.45) is 1.70. The molecule has 0 bridgehead atoms. The summed E-state index contributed by atoms with van der Waals surface area (Å²) in [6, 6.07) is -0.457. The van der Waals surface area contributed by atoms with Gasteiger partial charge < -0.3 is 19.6 Å². The van der Waals surface area contributed by atoms with E-state index in [1.54, 1.807) is 21.6 Å². The monoisotopic (exact) mass is 354 g/mol. The van der Waals surface area contributed by atoms with Crippen LogP contribution in [0.5, 0.6) is 0 Å². The highest BCUT2D eigenvalue weighted by molar-refractivity contribution is 8.01. The minimum atomic E-state index is -0.891. The number of nitrogens with zero attached hydrogens (tertiary/aromatic N) is 2. The number of carbonyl (C=O) groups is 3. The topological polar surface area (TPSA) is 87.2 Å². The van der Waals surface area contributed by atoms with Crippen molar-refractivity contribution >= 4 is 29.5 Å². The number of carboxylic acid groups (broad SMARTS) is 1. The first-order chi connectivity index (χ1) is 11.4. The van der Waals surface area contributed by atoms with E-state index >= 15 is 0 Å². The number of hydrogen-bond acceptors (Lipinski definition) is 5. The summed E-state index contributed by atoms with van der Waals surface area (Å²) in [5.41, 5.74) is -0.891. The zero-order valence-electron chi connectivity index (χ0n) is 13.7. The van der Waals surface area contributed by atoms with Crippen LogP contribution in [0.3, 0.4) is 0 Å². The van der Waals surface area contributed by atoms with Gasteiger partial charge in [-0.05, 0) is 19.8 Å². The molecule has 0 radical (unpaired) electrons. The molecular weight excluding hydrogens is 332 g/mol. The van der Waals surface area contributed by atoms with Gasteiger partial charge in [0.1, 0.15) is 6.04 Å². The number of carboxylic acids is 1. The van der Waals surface area contributed by atoms with Crippen LogP contribution in [-0.4, -0.2) is 75.7 Å². The Morgan fingerprint density at radius 2 is 2.17 bits per heavy atom. The summed E-state index contributed by atoms with van der Waals surface area (Å²) in [6.45, 7) is 3.47. The van der Waals surface area contributed by atoms with Crippen LogP contribution in [0.4, 0.5) is 0 Å². The highest BCUT2D eigenvalue weighted by atomic mass is 32.2. The third-order valence-corrected chi connectivity index (χ3v) is 7.68. The molecule has 0 aromatic rings. The third-order valence-electron chi connectivity index (χ3n) is 6.17. The molecule has 2 unspecified atom stereocenters. The van der Waals surface area contributed by atoms with E-state index in [-0.39, 0.29) is 29.1 Å². The molecule has 132 valence electrons. The normalized spacial score (nSPS) is 41.5. The lowest BCUT2D eigenvalue weighted by molar-refractivity contribution is -0.157. The summed E-state index contributed by atoms with van der Waals surface area (Å²) in [4.78, 5) is 40.3. The van der Waals surface area contributed by atoms with Gasteiger partial charge in [0.05, 0.1) is 16.9 Å². The average Bonchev–Trinajstić information content (AvgIpc) is 3.19. The Bertz CT molecular complexity index is 613. The Morgan fingerprint density at radius 3 is 2.88 bits per heavy atom. The Hall–Kier alpha value is -1.28. The maximum atomic E-state index is 13.1. The van der Waals surface area contributed by atoms with Gasteiger partial charge in [-0.1, -0.05) is 0 Å². The zero-order valence-corrected chi connectivity index (χ0v) is 14.5. The lowest BCUT2D eigenvalue weighted by Gasteiger charge is -2.34. The molecule has 1 N–H and O–H groups in total. The molecule has 4 aliphatic rings. The number of aliphatic carboxylic acids is 1. The number of fused-ring (bicyclic) bond motifs is 2. The largest absolute Gasteiger partial charge is 0.481 e. The van der Waals surface area contributed by atoms with Crippen LogP contribution in [0.25, 0.3) is 0 Å². The summed E-state index contributed by atoms with van der Waals surface area (Å²) >= 11 is 1.66. The van der Waals surface area contributed by atoms with Gasteiger partial charge in [0.25, 0.3) is 0 Å². The molecule has 0 aliphatic carbocycles. The second kappa shape index (κ2) is 5.36. The minimum Gasteiger partial charge on any atom is -0.481 e. The molecule has 0 aromatic carbocycles. The zero-order chi connectivity index (χ0) is 17.1. The molecule has 24 heavy (non-hydrogen) atoms. The van der Waals surface area contributed by atoms with Crippen LogP contribution in [-0.2, 0) is 19.1 Å². The van der Waals surface area contributed by atoms with Crippen LogP contribution in [0.1, 0.15) is 26.2 Å². The van der Waals surface area contributed by atoms with Crippen molar-refractivity contribution < 1.29 is 24.2 Å².